The molecule has 0 saturated carbocycles. The molecule has 1 N–H and O–H groups in total. The van der Waals surface area contributed by atoms with Gasteiger partial charge in [-0.05, 0) is 13.8 Å². The van der Waals surface area contributed by atoms with Crippen LogP contribution < -0.4 is 0 Å². The average Bonchev–Trinajstić information content (AvgIpc) is 2.54. The standard InChI is InChI=1S/C7H8F3NOS.C2H6/c1-4-3-11-5(13-4)6(2,12)7(8,9)10;1-2/h3,12H,1-2H3;1-2H3. The quantitative estimate of drug-likeness (QED) is 0.818. The summed E-state index contributed by atoms with van der Waals surface area (Å²) in [5.41, 5.74) is -2.84. The van der Waals surface area contributed by atoms with Crippen LogP contribution in [-0.2, 0) is 5.60 Å². The van der Waals surface area contributed by atoms with Crippen LogP contribution in [0, 0.1) is 6.92 Å². The second-order valence-corrected chi connectivity index (χ2v) is 4.08. The van der Waals surface area contributed by atoms with Gasteiger partial charge in [0.15, 0.2) is 0 Å². The Bertz CT molecular complexity index is 307. The Balaban J connectivity index is 0.000000921. The maximum absolute atomic E-state index is 12.2. The van der Waals surface area contributed by atoms with E-state index in [-0.39, 0.29) is 5.01 Å². The highest BCUT2D eigenvalue weighted by Gasteiger charge is 2.53. The number of aryl methyl sites for hydroxylation is 1. The first-order chi connectivity index (χ1) is 6.75. The molecule has 15 heavy (non-hydrogen) atoms. The van der Waals surface area contributed by atoms with Gasteiger partial charge in [-0.15, -0.1) is 11.3 Å². The third kappa shape index (κ3) is 3.17. The molecule has 0 aliphatic carbocycles. The van der Waals surface area contributed by atoms with E-state index in [1.54, 1.807) is 6.92 Å². The minimum atomic E-state index is -4.68. The Kier molecular flexibility index (Phi) is 4.73. The average molecular weight is 241 g/mol. The molecule has 1 rings (SSSR count). The molecule has 6 heteroatoms. The van der Waals surface area contributed by atoms with Gasteiger partial charge < -0.3 is 5.11 Å². The number of rotatable bonds is 1. The lowest BCUT2D eigenvalue weighted by molar-refractivity contribution is -0.258. The van der Waals surface area contributed by atoms with E-state index in [4.69, 9.17) is 5.11 Å². The van der Waals surface area contributed by atoms with Crippen LogP contribution in [0.1, 0.15) is 30.7 Å². The van der Waals surface area contributed by atoms with Gasteiger partial charge in [0.05, 0.1) is 0 Å². The summed E-state index contributed by atoms with van der Waals surface area (Å²) in [5.74, 6) is 0. The van der Waals surface area contributed by atoms with Crippen LogP contribution in [-0.4, -0.2) is 16.3 Å². The topological polar surface area (TPSA) is 33.1 Å². The first-order valence-corrected chi connectivity index (χ1v) is 5.29. The molecule has 1 aromatic heterocycles. The minimum absolute atomic E-state index is 0.322. The maximum atomic E-state index is 12.2. The Morgan fingerprint density at radius 1 is 1.33 bits per heavy atom. The van der Waals surface area contributed by atoms with E-state index < -0.39 is 11.8 Å². The van der Waals surface area contributed by atoms with Gasteiger partial charge in [0.25, 0.3) is 0 Å². The van der Waals surface area contributed by atoms with E-state index >= 15 is 0 Å². The zero-order valence-corrected chi connectivity index (χ0v) is 9.83. The number of thiazole rings is 1. The van der Waals surface area contributed by atoms with E-state index in [1.165, 1.54) is 6.20 Å². The fraction of sp³-hybridized carbons (Fsp3) is 0.667. The molecule has 0 fully saturated rings. The highest BCUT2D eigenvalue weighted by Crippen LogP contribution is 2.39. The predicted molar refractivity (Wildman–Crippen MR) is 53.8 cm³/mol. The second kappa shape index (κ2) is 4.94. The fourth-order valence-corrected chi connectivity index (χ4v) is 1.53. The Morgan fingerprint density at radius 3 is 2.07 bits per heavy atom. The van der Waals surface area contributed by atoms with Crippen molar-refractivity contribution in [2.75, 3.05) is 0 Å². The van der Waals surface area contributed by atoms with Gasteiger partial charge in [-0.3, -0.25) is 0 Å². The van der Waals surface area contributed by atoms with Crippen LogP contribution in [0.5, 0.6) is 0 Å². The fourth-order valence-electron chi connectivity index (χ4n) is 0.701. The summed E-state index contributed by atoms with van der Waals surface area (Å²) in [6, 6.07) is 0. The predicted octanol–water partition coefficient (Wildman–Crippen LogP) is 3.25. The molecule has 0 aliphatic rings. The largest absolute Gasteiger partial charge is 0.423 e. The molecule has 0 aromatic carbocycles. The number of nitrogens with zero attached hydrogens (tertiary/aromatic N) is 1. The van der Waals surface area contributed by atoms with Crippen LogP contribution in [0.25, 0.3) is 0 Å². The van der Waals surface area contributed by atoms with Gasteiger partial charge >= 0.3 is 6.18 Å². The van der Waals surface area contributed by atoms with Gasteiger partial charge in [0, 0.05) is 11.1 Å². The van der Waals surface area contributed by atoms with Gasteiger partial charge in [-0.25, -0.2) is 4.98 Å². The van der Waals surface area contributed by atoms with Crippen molar-refractivity contribution >= 4 is 11.3 Å². The molecule has 0 bridgehead atoms. The molecule has 88 valence electrons. The summed E-state index contributed by atoms with van der Waals surface area (Å²) < 4.78 is 36.7. The lowest BCUT2D eigenvalue weighted by Crippen LogP contribution is -2.39. The zero-order valence-electron chi connectivity index (χ0n) is 9.01. The summed E-state index contributed by atoms with van der Waals surface area (Å²) in [6.45, 7) is 6.33. The van der Waals surface area contributed by atoms with Crippen LogP contribution in [0.2, 0.25) is 0 Å². The third-order valence-corrected chi connectivity index (χ3v) is 2.71. The van der Waals surface area contributed by atoms with Crippen LogP contribution in [0.4, 0.5) is 13.2 Å². The molecule has 0 aliphatic heterocycles. The molecule has 1 aromatic rings. The molecular weight excluding hydrogens is 227 g/mol. The van der Waals surface area contributed by atoms with Gasteiger partial charge in [0.1, 0.15) is 5.01 Å². The number of aliphatic hydroxyl groups is 1. The lowest BCUT2D eigenvalue weighted by atomic mass is 10.1. The Hall–Kier alpha value is -0.620. The molecule has 1 unspecified atom stereocenters. The van der Waals surface area contributed by atoms with Crippen molar-refractivity contribution in [2.45, 2.75) is 39.5 Å². The summed E-state index contributed by atoms with van der Waals surface area (Å²) in [6.07, 6.45) is -3.38. The molecule has 0 amide bonds. The highest BCUT2D eigenvalue weighted by atomic mass is 32.1. The van der Waals surface area contributed by atoms with E-state index in [0.717, 1.165) is 11.3 Å². The number of hydrogen-bond acceptors (Lipinski definition) is 3. The van der Waals surface area contributed by atoms with E-state index in [1.807, 2.05) is 13.8 Å². The van der Waals surface area contributed by atoms with Crippen LogP contribution in [0.3, 0.4) is 0 Å². The van der Waals surface area contributed by atoms with Crippen molar-refractivity contribution in [3.63, 3.8) is 0 Å². The maximum Gasteiger partial charge on any atom is 0.423 e. The molecule has 1 atom stereocenters. The number of aromatic nitrogens is 1. The van der Waals surface area contributed by atoms with Crippen LogP contribution in [0.15, 0.2) is 6.20 Å². The summed E-state index contributed by atoms with van der Waals surface area (Å²) in [4.78, 5) is 4.14. The third-order valence-electron chi connectivity index (χ3n) is 1.59. The molecule has 2 nitrogen and oxygen atoms in total. The number of hydrogen-bond donors (Lipinski definition) is 1. The first-order valence-electron chi connectivity index (χ1n) is 4.47. The molecule has 0 radical (unpaired) electrons. The normalized spacial score (nSPS) is 15.2. The van der Waals surface area contributed by atoms with Crippen molar-refractivity contribution < 1.29 is 18.3 Å². The molecule has 0 saturated heterocycles. The monoisotopic (exact) mass is 241 g/mol. The van der Waals surface area contributed by atoms with Crippen molar-refractivity contribution in [1.29, 1.82) is 0 Å². The van der Waals surface area contributed by atoms with E-state index in [0.29, 0.717) is 11.8 Å². The second-order valence-electron chi connectivity index (χ2n) is 2.85. The summed E-state index contributed by atoms with van der Waals surface area (Å²) >= 11 is 0.840. The van der Waals surface area contributed by atoms with Crippen molar-refractivity contribution in [3.05, 3.63) is 16.1 Å². The molecular formula is C9H14F3NOS. The smallest absolute Gasteiger partial charge is 0.375 e. The SMILES string of the molecule is CC.Cc1cnc(C(C)(O)C(F)(F)F)s1. The van der Waals surface area contributed by atoms with Gasteiger partial charge in [0.2, 0.25) is 5.60 Å². The highest BCUT2D eigenvalue weighted by molar-refractivity contribution is 7.11. The Labute approximate surface area is 90.8 Å². The summed E-state index contributed by atoms with van der Waals surface area (Å²) in [5, 5.41) is 8.84. The van der Waals surface area contributed by atoms with Crippen molar-refractivity contribution in [3.8, 4) is 0 Å². The Morgan fingerprint density at radius 2 is 1.80 bits per heavy atom. The zero-order chi connectivity index (χ0) is 12.3. The minimum Gasteiger partial charge on any atom is -0.375 e. The van der Waals surface area contributed by atoms with E-state index in [2.05, 4.69) is 4.98 Å². The van der Waals surface area contributed by atoms with Gasteiger partial charge in [-0.2, -0.15) is 13.2 Å². The van der Waals surface area contributed by atoms with Crippen molar-refractivity contribution in [1.82, 2.24) is 4.98 Å². The van der Waals surface area contributed by atoms with Gasteiger partial charge in [-0.1, -0.05) is 13.8 Å². The van der Waals surface area contributed by atoms with E-state index in [9.17, 15) is 13.2 Å². The van der Waals surface area contributed by atoms with Crippen LogP contribution >= 0.6 is 11.3 Å². The van der Waals surface area contributed by atoms with Crippen molar-refractivity contribution in [2.24, 2.45) is 0 Å². The number of alkyl halides is 3. The summed E-state index contributed by atoms with van der Waals surface area (Å²) in [7, 11) is 0. The first kappa shape index (κ1) is 14.4. The molecule has 0 spiro atoms. The molecule has 1 heterocycles. The lowest BCUT2D eigenvalue weighted by Gasteiger charge is -2.23. The number of halogens is 3.